The molecular weight excluding hydrogens is 534 g/mol. The molecule has 1 aliphatic rings. The van der Waals surface area contributed by atoms with Gasteiger partial charge in [0.1, 0.15) is 17.7 Å². The molecule has 3 amide bonds. The number of piperazine rings is 1. The molecule has 0 spiro atoms. The van der Waals surface area contributed by atoms with Crippen LogP contribution < -0.4 is 10.2 Å². The molecule has 1 saturated heterocycles. The molecule has 2 aromatic rings. The van der Waals surface area contributed by atoms with Crippen molar-refractivity contribution in [2.24, 2.45) is 0 Å². The van der Waals surface area contributed by atoms with E-state index in [0.29, 0.717) is 82.1 Å². The summed E-state index contributed by atoms with van der Waals surface area (Å²) in [4.78, 5) is 42.7. The third-order valence-corrected chi connectivity index (χ3v) is 6.87. The summed E-state index contributed by atoms with van der Waals surface area (Å²) in [7, 11) is 1.60. The van der Waals surface area contributed by atoms with E-state index in [-0.39, 0.29) is 30.4 Å². The van der Waals surface area contributed by atoms with Gasteiger partial charge in [0, 0.05) is 77.1 Å². The fourth-order valence-electron chi connectivity index (χ4n) is 4.58. The highest BCUT2D eigenvalue weighted by Crippen LogP contribution is 2.25. The molecule has 1 heterocycles. The summed E-state index contributed by atoms with van der Waals surface area (Å²) < 4.78 is 38.9. The second-order valence-electron chi connectivity index (χ2n) is 10.1. The van der Waals surface area contributed by atoms with E-state index in [0.717, 1.165) is 0 Å². The molecule has 0 saturated carbocycles. The van der Waals surface area contributed by atoms with E-state index < -0.39 is 11.6 Å². The number of hydrogen-bond acceptors (Lipinski definition) is 6. The average molecular weight is 575 g/mol. The lowest BCUT2D eigenvalue weighted by Gasteiger charge is -2.36. The van der Waals surface area contributed by atoms with Crippen molar-refractivity contribution in [1.82, 2.24) is 9.80 Å². The SMILES string of the molecule is CCCN(CCCC(=O)c1cccc(F)c1)C(=O)Nc1ccc(N2CCN(C(=O)OC(C)CCOC)CC2)c(F)c1. The molecule has 3 rings (SSSR count). The number of nitrogens with zero attached hydrogens (tertiary/aromatic N) is 3. The van der Waals surface area contributed by atoms with Crippen molar-refractivity contribution in [2.75, 3.05) is 63.2 Å². The average Bonchev–Trinajstić information content (AvgIpc) is 2.95. The van der Waals surface area contributed by atoms with Gasteiger partial charge in [-0.3, -0.25) is 4.79 Å². The van der Waals surface area contributed by atoms with Gasteiger partial charge in [-0.2, -0.15) is 0 Å². The fraction of sp³-hybridized carbons (Fsp3) is 0.500. The van der Waals surface area contributed by atoms with Crippen molar-refractivity contribution in [2.45, 2.75) is 45.6 Å². The minimum absolute atomic E-state index is 0.179. The van der Waals surface area contributed by atoms with Crippen LogP contribution in [0.1, 0.15) is 49.9 Å². The van der Waals surface area contributed by atoms with Gasteiger partial charge < -0.3 is 29.5 Å². The van der Waals surface area contributed by atoms with E-state index in [2.05, 4.69) is 5.32 Å². The highest BCUT2D eigenvalue weighted by Gasteiger charge is 2.25. The van der Waals surface area contributed by atoms with Crippen molar-refractivity contribution in [3.8, 4) is 0 Å². The van der Waals surface area contributed by atoms with Crippen molar-refractivity contribution in [1.29, 1.82) is 0 Å². The third-order valence-electron chi connectivity index (χ3n) is 6.87. The highest BCUT2D eigenvalue weighted by atomic mass is 19.1. The van der Waals surface area contributed by atoms with E-state index in [9.17, 15) is 18.8 Å². The van der Waals surface area contributed by atoms with Gasteiger partial charge in [-0.25, -0.2) is 18.4 Å². The van der Waals surface area contributed by atoms with Crippen LogP contribution in [0.4, 0.5) is 29.7 Å². The zero-order valence-electron chi connectivity index (χ0n) is 24.0. The molecule has 0 aromatic heterocycles. The van der Waals surface area contributed by atoms with Crippen LogP contribution >= 0.6 is 0 Å². The molecule has 0 aliphatic carbocycles. The number of urea groups is 1. The summed E-state index contributed by atoms with van der Waals surface area (Å²) in [5.74, 6) is -1.13. The topological polar surface area (TPSA) is 91.4 Å². The number of rotatable bonds is 13. The first-order valence-electron chi connectivity index (χ1n) is 14.1. The number of carbonyl (C=O) groups excluding carboxylic acids is 3. The van der Waals surface area contributed by atoms with Crippen molar-refractivity contribution >= 4 is 29.3 Å². The maximum Gasteiger partial charge on any atom is 0.410 e. The highest BCUT2D eigenvalue weighted by molar-refractivity contribution is 5.96. The second-order valence-corrected chi connectivity index (χ2v) is 10.1. The van der Waals surface area contributed by atoms with Crippen molar-refractivity contribution in [3.05, 3.63) is 59.7 Å². The van der Waals surface area contributed by atoms with Gasteiger partial charge >= 0.3 is 12.1 Å². The second kappa shape index (κ2) is 15.9. The Labute approximate surface area is 240 Å². The minimum Gasteiger partial charge on any atom is -0.446 e. The van der Waals surface area contributed by atoms with Gasteiger partial charge in [0.2, 0.25) is 0 Å². The Balaban J connectivity index is 1.50. The lowest BCUT2D eigenvalue weighted by atomic mass is 10.1. The van der Waals surface area contributed by atoms with Crippen LogP contribution in [0.2, 0.25) is 0 Å². The minimum atomic E-state index is -0.477. The summed E-state index contributed by atoms with van der Waals surface area (Å²) >= 11 is 0. The number of ether oxygens (including phenoxy) is 2. The van der Waals surface area contributed by atoms with E-state index in [1.54, 1.807) is 35.1 Å². The molecule has 1 aliphatic heterocycles. The smallest absolute Gasteiger partial charge is 0.410 e. The molecule has 41 heavy (non-hydrogen) atoms. The molecule has 1 unspecified atom stereocenters. The first-order chi connectivity index (χ1) is 19.7. The summed E-state index contributed by atoms with van der Waals surface area (Å²) in [6.45, 7) is 6.77. The number of carbonyl (C=O) groups is 3. The molecule has 0 bridgehead atoms. The van der Waals surface area contributed by atoms with Crippen molar-refractivity contribution in [3.63, 3.8) is 0 Å². The number of methoxy groups -OCH3 is 1. The summed E-state index contributed by atoms with van der Waals surface area (Å²) in [5, 5.41) is 2.75. The first kappa shape index (κ1) is 31.8. The number of amides is 3. The van der Waals surface area contributed by atoms with Crippen LogP contribution in [0.3, 0.4) is 0 Å². The zero-order valence-corrected chi connectivity index (χ0v) is 24.0. The zero-order chi connectivity index (χ0) is 29.8. The molecule has 1 N–H and O–H groups in total. The first-order valence-corrected chi connectivity index (χ1v) is 14.1. The van der Waals surface area contributed by atoms with Crippen LogP contribution in [-0.2, 0) is 9.47 Å². The Morgan fingerprint density at radius 2 is 1.80 bits per heavy atom. The van der Waals surface area contributed by atoms with Gasteiger partial charge in [0.25, 0.3) is 0 Å². The Morgan fingerprint density at radius 1 is 1.05 bits per heavy atom. The predicted octanol–water partition coefficient (Wildman–Crippen LogP) is 5.56. The molecule has 1 atom stereocenters. The molecule has 2 aromatic carbocycles. The summed E-state index contributed by atoms with van der Waals surface area (Å²) in [5.41, 5.74) is 1.02. The van der Waals surface area contributed by atoms with E-state index in [1.165, 1.54) is 24.3 Å². The van der Waals surface area contributed by atoms with Gasteiger partial charge in [0.05, 0.1) is 5.69 Å². The lowest BCUT2D eigenvalue weighted by Crippen LogP contribution is -2.49. The van der Waals surface area contributed by atoms with Crippen LogP contribution in [0.5, 0.6) is 0 Å². The molecule has 9 nitrogen and oxygen atoms in total. The van der Waals surface area contributed by atoms with Crippen LogP contribution in [0.15, 0.2) is 42.5 Å². The number of ketones is 1. The number of hydrogen-bond donors (Lipinski definition) is 1. The molecule has 11 heteroatoms. The molecule has 0 radical (unpaired) electrons. The Hall–Kier alpha value is -3.73. The monoisotopic (exact) mass is 574 g/mol. The normalized spacial score (nSPS) is 14.0. The fourth-order valence-corrected chi connectivity index (χ4v) is 4.58. The van der Waals surface area contributed by atoms with E-state index in [1.807, 2.05) is 18.7 Å². The third kappa shape index (κ3) is 9.70. The summed E-state index contributed by atoms with van der Waals surface area (Å²) in [6.07, 6.45) is 1.28. The standard InChI is InChI=1S/C30H40F2N4O5/c1-4-13-35(14-6-9-28(37)23-7-5-8-24(31)20-23)29(38)33-25-10-11-27(26(32)21-25)34-15-17-36(18-16-34)30(39)41-22(2)12-19-40-3/h5,7-8,10-11,20-22H,4,6,9,12-19H2,1-3H3,(H,33,38). The summed E-state index contributed by atoms with van der Waals surface area (Å²) in [6, 6.07) is 9.71. The van der Waals surface area contributed by atoms with Gasteiger partial charge in [-0.15, -0.1) is 0 Å². The Kier molecular flexibility index (Phi) is 12.3. The van der Waals surface area contributed by atoms with Gasteiger partial charge in [-0.05, 0) is 50.1 Å². The number of anilines is 2. The molecular formula is C30H40F2N4O5. The molecule has 224 valence electrons. The maximum absolute atomic E-state index is 15.1. The van der Waals surface area contributed by atoms with Crippen LogP contribution in [0, 0.1) is 11.6 Å². The maximum atomic E-state index is 15.1. The number of halogens is 2. The number of benzene rings is 2. The lowest BCUT2D eigenvalue weighted by molar-refractivity contribution is 0.0521. The van der Waals surface area contributed by atoms with E-state index >= 15 is 4.39 Å². The predicted molar refractivity (Wildman–Crippen MR) is 153 cm³/mol. The van der Waals surface area contributed by atoms with E-state index in [4.69, 9.17) is 9.47 Å². The number of Topliss-reactive ketones (excluding diaryl/α,β-unsaturated/α-hetero) is 1. The van der Waals surface area contributed by atoms with Crippen LogP contribution in [-0.4, -0.2) is 86.8 Å². The van der Waals surface area contributed by atoms with Gasteiger partial charge in [0.15, 0.2) is 5.78 Å². The number of nitrogens with one attached hydrogen (secondary N) is 1. The Bertz CT molecular complexity index is 1170. The van der Waals surface area contributed by atoms with Gasteiger partial charge in [-0.1, -0.05) is 19.1 Å². The largest absolute Gasteiger partial charge is 0.446 e. The Morgan fingerprint density at radius 3 is 2.46 bits per heavy atom. The molecule has 1 fully saturated rings. The quantitative estimate of drug-likeness (QED) is 0.315. The van der Waals surface area contributed by atoms with Crippen molar-refractivity contribution < 1.29 is 32.6 Å². The van der Waals surface area contributed by atoms with Crippen LogP contribution in [0.25, 0.3) is 0 Å².